The van der Waals surface area contributed by atoms with E-state index < -0.39 is 0 Å². The number of benzene rings is 2. The molecule has 0 saturated heterocycles. The lowest BCUT2D eigenvalue weighted by Crippen LogP contribution is -2.21. The van der Waals surface area contributed by atoms with E-state index >= 15 is 0 Å². The van der Waals surface area contributed by atoms with Gasteiger partial charge in [-0.1, -0.05) is 12.1 Å². The zero-order valence-electron chi connectivity index (χ0n) is 14.2. The van der Waals surface area contributed by atoms with Gasteiger partial charge in [0.25, 0.3) is 0 Å². The van der Waals surface area contributed by atoms with Crippen LogP contribution in [0, 0.1) is 10.6 Å². The molecular weight excluding hydrogens is 337 g/mol. The van der Waals surface area contributed by atoms with Crippen LogP contribution in [0.4, 0.5) is 4.39 Å². The van der Waals surface area contributed by atoms with Gasteiger partial charge >= 0.3 is 0 Å². The molecule has 3 aromatic rings. The van der Waals surface area contributed by atoms with E-state index in [9.17, 15) is 4.39 Å². The number of rotatable bonds is 6. The van der Waals surface area contributed by atoms with Crippen LogP contribution in [0.3, 0.4) is 0 Å². The second kappa shape index (κ2) is 7.63. The largest absolute Gasteiger partial charge is 0.497 e. The molecule has 0 bridgehead atoms. The maximum atomic E-state index is 13.0. The molecule has 0 aliphatic carbocycles. The lowest BCUT2D eigenvalue weighted by Gasteiger charge is -2.17. The quantitative estimate of drug-likeness (QED) is 0.616. The van der Waals surface area contributed by atoms with Crippen LogP contribution in [0.2, 0.25) is 0 Å². The zero-order chi connectivity index (χ0) is 17.8. The molecule has 0 amide bonds. The minimum Gasteiger partial charge on any atom is -0.497 e. The SMILES string of the molecule is COc1ccc(-n2ccn(CN(C)Cc3ccc(F)cc3)c2=S)cc1. The third-order valence-electron chi connectivity index (χ3n) is 3.96. The summed E-state index contributed by atoms with van der Waals surface area (Å²) in [6, 6.07) is 14.3. The van der Waals surface area contributed by atoms with Crippen LogP contribution < -0.4 is 4.74 Å². The van der Waals surface area contributed by atoms with Crippen molar-refractivity contribution in [2.24, 2.45) is 0 Å². The van der Waals surface area contributed by atoms with Crippen LogP contribution >= 0.6 is 12.2 Å². The van der Waals surface area contributed by atoms with E-state index in [0.717, 1.165) is 28.3 Å². The van der Waals surface area contributed by atoms with Crippen LogP contribution in [-0.4, -0.2) is 28.2 Å². The number of aromatic nitrogens is 2. The van der Waals surface area contributed by atoms with Crippen molar-refractivity contribution in [1.82, 2.24) is 14.0 Å². The first-order chi connectivity index (χ1) is 12.1. The molecule has 0 N–H and O–H groups in total. The number of imidazole rings is 1. The third-order valence-corrected chi connectivity index (χ3v) is 4.39. The number of ether oxygens (including phenoxy) is 1. The molecule has 0 atom stereocenters. The summed E-state index contributed by atoms with van der Waals surface area (Å²) < 4.78 is 22.9. The Morgan fingerprint density at radius 1 is 1.04 bits per heavy atom. The van der Waals surface area contributed by atoms with Gasteiger partial charge in [-0.25, -0.2) is 4.39 Å². The second-order valence-electron chi connectivity index (χ2n) is 5.90. The number of nitrogens with zero attached hydrogens (tertiary/aromatic N) is 3. The van der Waals surface area contributed by atoms with E-state index in [1.165, 1.54) is 12.1 Å². The topological polar surface area (TPSA) is 22.3 Å². The van der Waals surface area contributed by atoms with Gasteiger partial charge in [-0.15, -0.1) is 0 Å². The van der Waals surface area contributed by atoms with Gasteiger partial charge in [-0.05, 0) is 61.2 Å². The first-order valence-electron chi connectivity index (χ1n) is 7.92. The van der Waals surface area contributed by atoms with E-state index in [1.54, 1.807) is 19.2 Å². The van der Waals surface area contributed by atoms with Crippen molar-refractivity contribution in [3.8, 4) is 11.4 Å². The molecule has 0 spiro atoms. The Bertz CT molecular complexity index is 884. The molecule has 0 radical (unpaired) electrons. The summed E-state index contributed by atoms with van der Waals surface area (Å²) in [5.41, 5.74) is 2.05. The fourth-order valence-electron chi connectivity index (χ4n) is 2.67. The van der Waals surface area contributed by atoms with Crippen molar-refractivity contribution in [1.29, 1.82) is 0 Å². The molecule has 130 valence electrons. The zero-order valence-corrected chi connectivity index (χ0v) is 15.0. The average Bonchev–Trinajstić information content (AvgIpc) is 2.97. The van der Waals surface area contributed by atoms with Crippen molar-refractivity contribution in [3.63, 3.8) is 0 Å². The average molecular weight is 357 g/mol. The molecule has 2 aromatic carbocycles. The summed E-state index contributed by atoms with van der Waals surface area (Å²) in [6.07, 6.45) is 3.92. The van der Waals surface area contributed by atoms with Gasteiger partial charge < -0.3 is 9.30 Å². The van der Waals surface area contributed by atoms with E-state index in [1.807, 2.05) is 52.8 Å². The molecular formula is C19H20FN3OS. The third kappa shape index (κ3) is 4.15. The second-order valence-corrected chi connectivity index (χ2v) is 6.27. The summed E-state index contributed by atoms with van der Waals surface area (Å²) in [4.78, 5) is 2.13. The maximum absolute atomic E-state index is 13.0. The summed E-state index contributed by atoms with van der Waals surface area (Å²) in [5, 5.41) is 0. The minimum atomic E-state index is -0.217. The highest BCUT2D eigenvalue weighted by molar-refractivity contribution is 7.71. The van der Waals surface area contributed by atoms with Gasteiger partial charge in [-0.3, -0.25) is 9.47 Å². The molecule has 0 aliphatic heterocycles. The standard InChI is InChI=1S/C19H20FN3OS/c1-21(13-15-3-5-16(20)6-4-15)14-22-11-12-23(19(22)25)17-7-9-18(24-2)10-8-17/h3-12H,13-14H2,1-2H3. The Labute approximate surface area is 151 Å². The molecule has 0 unspecified atom stereocenters. The van der Waals surface area contributed by atoms with E-state index in [-0.39, 0.29) is 5.82 Å². The maximum Gasteiger partial charge on any atom is 0.185 e. The van der Waals surface area contributed by atoms with Gasteiger partial charge in [0.05, 0.1) is 13.8 Å². The predicted molar refractivity (Wildman–Crippen MR) is 99.0 cm³/mol. The van der Waals surface area contributed by atoms with E-state index in [4.69, 9.17) is 17.0 Å². The normalized spacial score (nSPS) is 11.0. The van der Waals surface area contributed by atoms with E-state index in [2.05, 4.69) is 4.90 Å². The first kappa shape index (κ1) is 17.4. The van der Waals surface area contributed by atoms with Crippen molar-refractivity contribution in [2.75, 3.05) is 14.2 Å². The summed E-state index contributed by atoms with van der Waals surface area (Å²) in [5.74, 6) is 0.596. The highest BCUT2D eigenvalue weighted by Gasteiger charge is 2.06. The highest BCUT2D eigenvalue weighted by Crippen LogP contribution is 2.16. The molecule has 25 heavy (non-hydrogen) atoms. The Morgan fingerprint density at radius 3 is 2.36 bits per heavy atom. The summed E-state index contributed by atoms with van der Waals surface area (Å²) in [7, 11) is 3.66. The Kier molecular flexibility index (Phi) is 5.31. The first-order valence-corrected chi connectivity index (χ1v) is 8.33. The van der Waals surface area contributed by atoms with Crippen LogP contribution in [0.1, 0.15) is 5.56 Å². The van der Waals surface area contributed by atoms with Gasteiger partial charge in [-0.2, -0.15) is 0 Å². The predicted octanol–water partition coefficient (Wildman–Crippen LogP) is 4.25. The van der Waals surface area contributed by atoms with Gasteiger partial charge in [0, 0.05) is 24.6 Å². The lowest BCUT2D eigenvalue weighted by atomic mass is 10.2. The molecule has 3 rings (SSSR count). The molecule has 0 fully saturated rings. The van der Waals surface area contributed by atoms with Crippen molar-refractivity contribution >= 4 is 12.2 Å². The smallest absolute Gasteiger partial charge is 0.185 e. The number of halogens is 1. The Hall–Kier alpha value is -2.44. The summed E-state index contributed by atoms with van der Waals surface area (Å²) >= 11 is 5.59. The van der Waals surface area contributed by atoms with Gasteiger partial charge in [0.2, 0.25) is 0 Å². The van der Waals surface area contributed by atoms with Crippen molar-refractivity contribution < 1.29 is 9.13 Å². The number of methoxy groups -OCH3 is 1. The molecule has 4 nitrogen and oxygen atoms in total. The summed E-state index contributed by atoms with van der Waals surface area (Å²) in [6.45, 7) is 1.37. The molecule has 6 heteroatoms. The monoisotopic (exact) mass is 357 g/mol. The number of hydrogen-bond acceptors (Lipinski definition) is 3. The van der Waals surface area contributed by atoms with Crippen LogP contribution in [0.5, 0.6) is 5.75 Å². The Morgan fingerprint density at radius 2 is 1.72 bits per heavy atom. The van der Waals surface area contributed by atoms with Crippen LogP contribution in [0.15, 0.2) is 60.9 Å². The number of hydrogen-bond donors (Lipinski definition) is 0. The van der Waals surface area contributed by atoms with E-state index in [0.29, 0.717) is 6.67 Å². The van der Waals surface area contributed by atoms with Crippen LogP contribution in [-0.2, 0) is 13.2 Å². The molecule has 1 heterocycles. The van der Waals surface area contributed by atoms with Crippen LogP contribution in [0.25, 0.3) is 5.69 Å². The van der Waals surface area contributed by atoms with Gasteiger partial charge in [0.1, 0.15) is 11.6 Å². The molecule has 1 aromatic heterocycles. The highest BCUT2D eigenvalue weighted by atomic mass is 32.1. The molecule has 0 saturated carbocycles. The fourth-order valence-corrected chi connectivity index (χ4v) is 2.96. The van der Waals surface area contributed by atoms with Crippen molar-refractivity contribution in [2.45, 2.75) is 13.2 Å². The fraction of sp³-hybridized carbons (Fsp3) is 0.211. The minimum absolute atomic E-state index is 0.217. The van der Waals surface area contributed by atoms with Crippen molar-refractivity contribution in [3.05, 3.63) is 77.1 Å². The lowest BCUT2D eigenvalue weighted by molar-refractivity contribution is 0.258. The molecule has 0 aliphatic rings. The Balaban J connectivity index is 1.72. The van der Waals surface area contributed by atoms with Gasteiger partial charge in [0.15, 0.2) is 4.77 Å².